The molecule has 0 N–H and O–H groups in total. The Labute approximate surface area is 279 Å². The zero-order valence-electron chi connectivity index (χ0n) is 26.3. The highest BCUT2D eigenvalue weighted by molar-refractivity contribution is 6.12. The molecule has 2 heteroatoms. The van der Waals surface area contributed by atoms with E-state index in [1.54, 1.807) is 0 Å². The van der Waals surface area contributed by atoms with Crippen molar-refractivity contribution in [2.45, 2.75) is 0 Å². The number of anilines is 3. The molecule has 0 radical (unpaired) electrons. The number of para-hydroxylation sites is 2. The number of hydrogen-bond acceptors (Lipinski definition) is 2. The molecule has 9 rings (SSSR count). The summed E-state index contributed by atoms with van der Waals surface area (Å²) >= 11 is 0. The second kappa shape index (κ2) is 11.8. The summed E-state index contributed by atoms with van der Waals surface area (Å²) in [5.74, 6) is 0. The molecule has 0 bridgehead atoms. The van der Waals surface area contributed by atoms with E-state index in [9.17, 15) is 0 Å². The first-order chi connectivity index (χ1) is 23.8. The fraction of sp³-hybridized carbons (Fsp3) is 0. The fourth-order valence-electron chi connectivity index (χ4n) is 6.85. The zero-order chi connectivity index (χ0) is 31.9. The molecule has 0 saturated carbocycles. The second-order valence-electron chi connectivity index (χ2n) is 12.2. The SMILES string of the molecule is c1ccc(-c2ccc(-c3ccc(N(c4ccccc4)c4ccc(-c5cccc6cc7oc8ccccc8c7cc56)cc4)cc3)cc2)cc1. The predicted molar refractivity (Wildman–Crippen MR) is 202 cm³/mol. The Kier molecular flexibility index (Phi) is 6.84. The van der Waals surface area contributed by atoms with Crippen molar-refractivity contribution in [3.05, 3.63) is 188 Å². The molecule has 2 nitrogen and oxygen atoms in total. The topological polar surface area (TPSA) is 16.4 Å². The summed E-state index contributed by atoms with van der Waals surface area (Å²) in [6.45, 7) is 0. The average molecular weight is 614 g/mol. The molecule has 8 aromatic carbocycles. The van der Waals surface area contributed by atoms with E-state index >= 15 is 0 Å². The number of nitrogens with zero attached hydrogens (tertiary/aromatic N) is 1. The van der Waals surface area contributed by atoms with Crippen molar-refractivity contribution in [3.8, 4) is 33.4 Å². The molecule has 0 unspecified atom stereocenters. The van der Waals surface area contributed by atoms with Gasteiger partial charge in [-0.1, -0.05) is 133 Å². The molecule has 0 spiro atoms. The fourth-order valence-corrected chi connectivity index (χ4v) is 6.85. The van der Waals surface area contributed by atoms with Gasteiger partial charge in [0, 0.05) is 27.8 Å². The Hall–Kier alpha value is -6.38. The van der Waals surface area contributed by atoms with E-state index in [1.807, 2.05) is 12.1 Å². The van der Waals surface area contributed by atoms with Crippen LogP contribution in [-0.2, 0) is 0 Å². The maximum Gasteiger partial charge on any atom is 0.136 e. The molecule has 0 saturated heterocycles. The highest BCUT2D eigenvalue weighted by atomic mass is 16.3. The van der Waals surface area contributed by atoms with Gasteiger partial charge in [0.1, 0.15) is 11.2 Å². The lowest BCUT2D eigenvalue weighted by Crippen LogP contribution is -2.09. The molecule has 226 valence electrons. The van der Waals surface area contributed by atoms with Gasteiger partial charge in [-0.05, 0) is 98.8 Å². The lowest BCUT2D eigenvalue weighted by molar-refractivity contribution is 0.669. The molecule has 0 aliphatic rings. The summed E-state index contributed by atoms with van der Waals surface area (Å²) in [6.07, 6.45) is 0. The van der Waals surface area contributed by atoms with Gasteiger partial charge in [0.05, 0.1) is 0 Å². The van der Waals surface area contributed by atoms with Crippen molar-refractivity contribution in [3.63, 3.8) is 0 Å². The summed E-state index contributed by atoms with van der Waals surface area (Å²) < 4.78 is 6.18. The normalized spacial score (nSPS) is 11.3. The van der Waals surface area contributed by atoms with E-state index in [2.05, 4.69) is 181 Å². The third-order valence-electron chi connectivity index (χ3n) is 9.28. The van der Waals surface area contributed by atoms with Gasteiger partial charge in [0.2, 0.25) is 0 Å². The van der Waals surface area contributed by atoms with Crippen molar-refractivity contribution in [1.82, 2.24) is 0 Å². The molecule has 0 fully saturated rings. The van der Waals surface area contributed by atoms with Crippen molar-refractivity contribution in [1.29, 1.82) is 0 Å². The van der Waals surface area contributed by atoms with Crippen LogP contribution in [-0.4, -0.2) is 0 Å². The Balaban J connectivity index is 1.06. The first-order valence-electron chi connectivity index (χ1n) is 16.3. The Morgan fingerprint density at radius 2 is 0.833 bits per heavy atom. The largest absolute Gasteiger partial charge is 0.456 e. The van der Waals surface area contributed by atoms with Gasteiger partial charge < -0.3 is 9.32 Å². The van der Waals surface area contributed by atoms with Crippen LogP contribution in [0.3, 0.4) is 0 Å². The summed E-state index contributed by atoms with van der Waals surface area (Å²) in [5.41, 5.74) is 12.4. The smallest absolute Gasteiger partial charge is 0.136 e. The van der Waals surface area contributed by atoms with E-state index in [0.717, 1.165) is 39.0 Å². The van der Waals surface area contributed by atoms with Crippen LogP contribution in [0.15, 0.2) is 192 Å². The van der Waals surface area contributed by atoms with Crippen LogP contribution in [0.5, 0.6) is 0 Å². The van der Waals surface area contributed by atoms with E-state index in [4.69, 9.17) is 4.42 Å². The van der Waals surface area contributed by atoms with Crippen molar-refractivity contribution in [2.75, 3.05) is 4.90 Å². The van der Waals surface area contributed by atoms with Gasteiger partial charge in [0.15, 0.2) is 0 Å². The molecule has 1 heterocycles. The number of fused-ring (bicyclic) bond motifs is 4. The third kappa shape index (κ3) is 5.01. The molecule has 48 heavy (non-hydrogen) atoms. The van der Waals surface area contributed by atoms with Gasteiger partial charge in [-0.15, -0.1) is 0 Å². The molecule has 0 amide bonds. The summed E-state index contributed by atoms with van der Waals surface area (Å²) in [5, 5.41) is 4.68. The first-order valence-corrected chi connectivity index (χ1v) is 16.3. The minimum Gasteiger partial charge on any atom is -0.456 e. The van der Waals surface area contributed by atoms with Crippen LogP contribution in [0.25, 0.3) is 66.1 Å². The highest BCUT2D eigenvalue weighted by Gasteiger charge is 2.15. The third-order valence-corrected chi connectivity index (χ3v) is 9.28. The number of furan rings is 1. The summed E-state index contributed by atoms with van der Waals surface area (Å²) in [4.78, 5) is 2.32. The molecular formula is C46H31NO. The van der Waals surface area contributed by atoms with Crippen LogP contribution in [0.4, 0.5) is 17.1 Å². The lowest BCUT2D eigenvalue weighted by atomic mass is 9.96. The minimum absolute atomic E-state index is 0.920. The monoisotopic (exact) mass is 613 g/mol. The van der Waals surface area contributed by atoms with Gasteiger partial charge in [-0.3, -0.25) is 0 Å². The van der Waals surface area contributed by atoms with Crippen molar-refractivity contribution >= 4 is 49.8 Å². The van der Waals surface area contributed by atoms with Crippen LogP contribution in [0.1, 0.15) is 0 Å². The maximum atomic E-state index is 6.18. The number of benzene rings is 8. The highest BCUT2D eigenvalue weighted by Crippen LogP contribution is 2.39. The molecule has 9 aromatic rings. The van der Waals surface area contributed by atoms with Gasteiger partial charge in [0.25, 0.3) is 0 Å². The molecule has 0 aliphatic heterocycles. The van der Waals surface area contributed by atoms with Crippen molar-refractivity contribution in [2.24, 2.45) is 0 Å². The summed E-state index contributed by atoms with van der Waals surface area (Å²) in [7, 11) is 0. The lowest BCUT2D eigenvalue weighted by Gasteiger charge is -2.26. The summed E-state index contributed by atoms with van der Waals surface area (Å²) in [6, 6.07) is 66.9. The first kappa shape index (κ1) is 27.9. The molecule has 0 atom stereocenters. The van der Waals surface area contributed by atoms with Crippen LogP contribution in [0.2, 0.25) is 0 Å². The Morgan fingerprint density at radius 1 is 0.312 bits per heavy atom. The van der Waals surface area contributed by atoms with E-state index < -0.39 is 0 Å². The molecule has 1 aromatic heterocycles. The standard InChI is InChI=1S/C46H31NO/c1-3-10-32(11-4-1)33-18-20-34(21-19-33)35-22-26-39(27-23-35)47(38-13-5-2-6-14-38)40-28-24-36(25-29-40)41-16-9-12-37-30-46-44(31-43(37)41)42-15-7-8-17-45(42)48-46/h1-31H. The van der Waals surface area contributed by atoms with Crippen LogP contribution >= 0.6 is 0 Å². The van der Waals surface area contributed by atoms with Crippen LogP contribution in [0, 0.1) is 0 Å². The van der Waals surface area contributed by atoms with E-state index in [1.165, 1.54) is 44.2 Å². The van der Waals surface area contributed by atoms with Gasteiger partial charge in [-0.25, -0.2) is 0 Å². The van der Waals surface area contributed by atoms with Gasteiger partial charge in [-0.2, -0.15) is 0 Å². The van der Waals surface area contributed by atoms with Crippen molar-refractivity contribution < 1.29 is 4.42 Å². The Morgan fingerprint density at radius 3 is 1.50 bits per heavy atom. The minimum atomic E-state index is 0.920. The predicted octanol–water partition coefficient (Wildman–Crippen LogP) is 13.2. The number of hydrogen-bond donors (Lipinski definition) is 0. The van der Waals surface area contributed by atoms with Crippen LogP contribution < -0.4 is 4.90 Å². The quantitative estimate of drug-likeness (QED) is 0.185. The Bertz CT molecular complexity index is 2510. The second-order valence-corrected chi connectivity index (χ2v) is 12.2. The van der Waals surface area contributed by atoms with Gasteiger partial charge >= 0.3 is 0 Å². The maximum absolute atomic E-state index is 6.18. The number of rotatable bonds is 6. The molecule has 0 aliphatic carbocycles. The van der Waals surface area contributed by atoms with E-state index in [-0.39, 0.29) is 0 Å². The average Bonchev–Trinajstić information content (AvgIpc) is 3.53. The van der Waals surface area contributed by atoms with E-state index in [0.29, 0.717) is 0 Å². The molecular weight excluding hydrogens is 583 g/mol. The zero-order valence-corrected chi connectivity index (χ0v) is 26.3.